The highest BCUT2D eigenvalue weighted by Crippen LogP contribution is 2.12. The molecule has 0 saturated carbocycles. The number of rotatable bonds is 6. The van der Waals surface area contributed by atoms with Gasteiger partial charge in [-0.3, -0.25) is 0 Å². The summed E-state index contributed by atoms with van der Waals surface area (Å²) in [5, 5.41) is 6.34. The third kappa shape index (κ3) is 3.48. The molecule has 2 rings (SSSR count). The Balaban J connectivity index is 1.84. The van der Waals surface area contributed by atoms with Crippen LogP contribution in [0.4, 0.5) is 11.6 Å². The molecule has 96 valence electrons. The lowest BCUT2D eigenvalue weighted by Crippen LogP contribution is -2.17. The first-order valence-electron chi connectivity index (χ1n) is 6.06. The summed E-state index contributed by atoms with van der Waals surface area (Å²) in [6.07, 6.45) is 5.17. The van der Waals surface area contributed by atoms with Gasteiger partial charge in [0.1, 0.15) is 23.7 Å². The fraction of sp³-hybridized carbons (Fsp3) is 0.385. The van der Waals surface area contributed by atoms with E-state index in [4.69, 9.17) is 4.42 Å². The zero-order chi connectivity index (χ0) is 12.8. The smallest absolute Gasteiger partial charge is 0.131 e. The van der Waals surface area contributed by atoms with Crippen LogP contribution in [-0.2, 0) is 6.42 Å². The molecule has 0 aliphatic heterocycles. The predicted octanol–water partition coefficient (Wildman–Crippen LogP) is 2.54. The van der Waals surface area contributed by atoms with Gasteiger partial charge in [-0.2, -0.15) is 0 Å². The van der Waals surface area contributed by atoms with Crippen molar-refractivity contribution in [2.45, 2.75) is 25.8 Å². The third-order valence-corrected chi connectivity index (χ3v) is 2.72. The van der Waals surface area contributed by atoms with Gasteiger partial charge in [0.15, 0.2) is 0 Å². The number of furan rings is 1. The molecule has 2 heterocycles. The van der Waals surface area contributed by atoms with Gasteiger partial charge in [0.2, 0.25) is 0 Å². The summed E-state index contributed by atoms with van der Waals surface area (Å²) in [5.41, 5.74) is 0. The van der Waals surface area contributed by atoms with Crippen LogP contribution >= 0.6 is 0 Å². The summed E-state index contributed by atoms with van der Waals surface area (Å²) in [4.78, 5) is 8.26. The largest absolute Gasteiger partial charge is 0.469 e. The second kappa shape index (κ2) is 6.05. The summed E-state index contributed by atoms with van der Waals surface area (Å²) in [5.74, 6) is 2.66. The molecule has 5 nitrogen and oxygen atoms in total. The van der Waals surface area contributed by atoms with Gasteiger partial charge in [-0.15, -0.1) is 0 Å². The van der Waals surface area contributed by atoms with Gasteiger partial charge >= 0.3 is 0 Å². The van der Waals surface area contributed by atoms with E-state index in [2.05, 4.69) is 27.5 Å². The highest BCUT2D eigenvalue weighted by Gasteiger charge is 2.05. The van der Waals surface area contributed by atoms with E-state index in [0.29, 0.717) is 6.04 Å². The van der Waals surface area contributed by atoms with Crippen molar-refractivity contribution in [1.82, 2.24) is 9.97 Å². The average Bonchev–Trinajstić information content (AvgIpc) is 2.90. The Morgan fingerprint density at radius 3 is 2.89 bits per heavy atom. The summed E-state index contributed by atoms with van der Waals surface area (Å²) < 4.78 is 5.31. The number of hydrogen-bond donors (Lipinski definition) is 2. The van der Waals surface area contributed by atoms with Gasteiger partial charge in [0.25, 0.3) is 0 Å². The van der Waals surface area contributed by atoms with Crippen molar-refractivity contribution in [2.24, 2.45) is 0 Å². The van der Waals surface area contributed by atoms with Crippen molar-refractivity contribution >= 4 is 11.6 Å². The van der Waals surface area contributed by atoms with Gasteiger partial charge in [0.05, 0.1) is 6.26 Å². The Kier molecular flexibility index (Phi) is 4.17. The quantitative estimate of drug-likeness (QED) is 0.820. The molecule has 2 aromatic rings. The molecule has 0 aromatic carbocycles. The van der Waals surface area contributed by atoms with Crippen LogP contribution in [0.15, 0.2) is 35.2 Å². The maximum absolute atomic E-state index is 5.31. The lowest BCUT2D eigenvalue weighted by Gasteiger charge is -2.14. The molecule has 0 spiro atoms. The molecule has 18 heavy (non-hydrogen) atoms. The van der Waals surface area contributed by atoms with Crippen LogP contribution < -0.4 is 10.6 Å². The van der Waals surface area contributed by atoms with E-state index in [-0.39, 0.29) is 0 Å². The van der Waals surface area contributed by atoms with Gasteiger partial charge in [-0.1, -0.05) is 0 Å². The Labute approximate surface area is 107 Å². The van der Waals surface area contributed by atoms with Crippen LogP contribution in [0.5, 0.6) is 0 Å². The van der Waals surface area contributed by atoms with Crippen LogP contribution in [0.1, 0.15) is 19.1 Å². The van der Waals surface area contributed by atoms with E-state index in [1.54, 1.807) is 12.6 Å². The summed E-state index contributed by atoms with van der Waals surface area (Å²) in [6, 6.07) is 6.13. The minimum Gasteiger partial charge on any atom is -0.469 e. The zero-order valence-corrected chi connectivity index (χ0v) is 10.7. The van der Waals surface area contributed by atoms with E-state index in [1.165, 1.54) is 0 Å². The van der Waals surface area contributed by atoms with Gasteiger partial charge in [-0.25, -0.2) is 9.97 Å². The minimum atomic E-state index is 0.328. The van der Waals surface area contributed by atoms with Crippen molar-refractivity contribution in [1.29, 1.82) is 0 Å². The normalized spacial score (nSPS) is 12.1. The SMILES string of the molecule is CNc1cc(NC(C)CCc2ccco2)ncn1. The van der Waals surface area contributed by atoms with E-state index in [9.17, 15) is 0 Å². The molecule has 0 aliphatic carbocycles. The van der Waals surface area contributed by atoms with Crippen molar-refractivity contribution in [3.63, 3.8) is 0 Å². The van der Waals surface area contributed by atoms with E-state index in [1.807, 2.05) is 25.2 Å². The fourth-order valence-corrected chi connectivity index (χ4v) is 1.71. The Morgan fingerprint density at radius 1 is 1.33 bits per heavy atom. The lowest BCUT2D eigenvalue weighted by molar-refractivity contribution is 0.495. The number of nitrogens with zero attached hydrogens (tertiary/aromatic N) is 2. The van der Waals surface area contributed by atoms with Crippen molar-refractivity contribution < 1.29 is 4.42 Å². The van der Waals surface area contributed by atoms with Gasteiger partial charge in [-0.05, 0) is 25.5 Å². The summed E-state index contributed by atoms with van der Waals surface area (Å²) >= 11 is 0. The topological polar surface area (TPSA) is 63.0 Å². The molecule has 0 aliphatic rings. The highest BCUT2D eigenvalue weighted by atomic mass is 16.3. The molecule has 0 amide bonds. The first kappa shape index (κ1) is 12.4. The molecular weight excluding hydrogens is 228 g/mol. The molecule has 0 saturated heterocycles. The van der Waals surface area contributed by atoms with Gasteiger partial charge in [0, 0.05) is 25.6 Å². The second-order valence-corrected chi connectivity index (χ2v) is 4.20. The second-order valence-electron chi connectivity index (χ2n) is 4.20. The Bertz CT molecular complexity index is 470. The highest BCUT2D eigenvalue weighted by molar-refractivity contribution is 5.46. The molecule has 2 aromatic heterocycles. The summed E-state index contributed by atoms with van der Waals surface area (Å²) in [6.45, 7) is 2.13. The predicted molar refractivity (Wildman–Crippen MR) is 71.7 cm³/mol. The van der Waals surface area contributed by atoms with E-state index in [0.717, 1.165) is 30.2 Å². The number of aryl methyl sites for hydroxylation is 1. The first-order valence-corrected chi connectivity index (χ1v) is 6.06. The molecule has 1 unspecified atom stereocenters. The van der Waals surface area contributed by atoms with E-state index >= 15 is 0 Å². The monoisotopic (exact) mass is 246 g/mol. The number of anilines is 2. The molecular formula is C13H18N4O. The van der Waals surface area contributed by atoms with Crippen LogP contribution in [0, 0.1) is 0 Å². The Hall–Kier alpha value is -2.04. The molecule has 0 bridgehead atoms. The van der Waals surface area contributed by atoms with Crippen molar-refractivity contribution in [2.75, 3.05) is 17.7 Å². The van der Waals surface area contributed by atoms with Crippen LogP contribution in [0.2, 0.25) is 0 Å². The molecule has 0 fully saturated rings. The number of hydrogen-bond acceptors (Lipinski definition) is 5. The summed E-state index contributed by atoms with van der Waals surface area (Å²) in [7, 11) is 1.84. The molecule has 1 atom stereocenters. The van der Waals surface area contributed by atoms with Crippen LogP contribution in [-0.4, -0.2) is 23.1 Å². The van der Waals surface area contributed by atoms with Crippen LogP contribution in [0.25, 0.3) is 0 Å². The standard InChI is InChI=1S/C13H18N4O/c1-10(5-6-11-4-3-7-18-11)17-13-8-12(14-2)15-9-16-13/h3-4,7-10H,5-6H2,1-2H3,(H2,14,15,16,17). The number of nitrogens with one attached hydrogen (secondary N) is 2. The van der Waals surface area contributed by atoms with Crippen molar-refractivity contribution in [3.8, 4) is 0 Å². The van der Waals surface area contributed by atoms with Gasteiger partial charge < -0.3 is 15.1 Å². The fourth-order valence-electron chi connectivity index (χ4n) is 1.71. The molecule has 5 heteroatoms. The molecule has 2 N–H and O–H groups in total. The zero-order valence-electron chi connectivity index (χ0n) is 10.7. The maximum Gasteiger partial charge on any atom is 0.131 e. The minimum absolute atomic E-state index is 0.328. The Morgan fingerprint density at radius 2 is 2.17 bits per heavy atom. The first-order chi connectivity index (χ1) is 8.78. The third-order valence-electron chi connectivity index (χ3n) is 2.72. The average molecular weight is 246 g/mol. The maximum atomic E-state index is 5.31. The van der Waals surface area contributed by atoms with Crippen LogP contribution in [0.3, 0.4) is 0 Å². The lowest BCUT2D eigenvalue weighted by atomic mass is 10.1. The molecule has 0 radical (unpaired) electrons. The van der Waals surface area contributed by atoms with E-state index < -0.39 is 0 Å². The van der Waals surface area contributed by atoms with Crippen molar-refractivity contribution in [3.05, 3.63) is 36.5 Å². The number of aromatic nitrogens is 2.